The minimum Gasteiger partial charge on any atom is -0.496 e. The number of benzene rings is 1. The molecule has 1 rings (SSSR count). The second kappa shape index (κ2) is 5.51. The first-order valence-corrected chi connectivity index (χ1v) is 5.66. The molecule has 0 fully saturated rings. The normalized spacial score (nSPS) is 10.1. The van der Waals surface area contributed by atoms with Gasteiger partial charge in [0, 0.05) is 10.4 Å². The van der Waals surface area contributed by atoms with E-state index < -0.39 is 0 Å². The number of methoxy groups -OCH3 is 1. The van der Waals surface area contributed by atoms with Crippen molar-refractivity contribution < 1.29 is 4.74 Å². The van der Waals surface area contributed by atoms with Gasteiger partial charge in [-0.25, -0.2) is 0 Å². The van der Waals surface area contributed by atoms with E-state index in [4.69, 9.17) is 16.3 Å². The topological polar surface area (TPSA) is 9.23 Å². The van der Waals surface area contributed by atoms with E-state index in [0.29, 0.717) is 0 Å². The Kier molecular flexibility index (Phi) is 4.60. The molecule has 1 nitrogen and oxygen atoms in total. The summed E-state index contributed by atoms with van der Waals surface area (Å²) in [5.74, 6) is 0.883. The Hall–Kier alpha value is -0.210. The van der Waals surface area contributed by atoms with Crippen molar-refractivity contribution in [3.63, 3.8) is 0 Å². The van der Waals surface area contributed by atoms with Gasteiger partial charge in [0.25, 0.3) is 0 Å². The molecule has 0 heterocycles. The van der Waals surface area contributed by atoms with Crippen LogP contribution in [0.15, 0.2) is 18.2 Å². The summed E-state index contributed by atoms with van der Waals surface area (Å²) in [4.78, 5) is 0. The zero-order chi connectivity index (χ0) is 9.68. The second-order valence-corrected chi connectivity index (χ2v) is 3.98. The molecular weight excluding hydrogens is 251 g/mol. The van der Waals surface area contributed by atoms with E-state index in [0.717, 1.165) is 28.9 Å². The maximum Gasteiger partial charge on any atom is 0.123 e. The molecule has 0 bridgehead atoms. The van der Waals surface area contributed by atoms with Crippen LogP contribution < -0.4 is 4.74 Å². The van der Waals surface area contributed by atoms with Crippen molar-refractivity contribution in [2.75, 3.05) is 12.4 Å². The molecule has 0 aliphatic rings. The Bertz CT molecular complexity index is 276. The van der Waals surface area contributed by atoms with Crippen LogP contribution in [0.3, 0.4) is 0 Å². The van der Waals surface area contributed by atoms with Gasteiger partial charge in [-0.3, -0.25) is 0 Å². The Morgan fingerprint density at radius 3 is 2.85 bits per heavy atom. The molecule has 0 unspecified atom stereocenters. The van der Waals surface area contributed by atoms with Crippen LogP contribution in [0.2, 0.25) is 5.02 Å². The predicted molar refractivity (Wildman–Crippen MR) is 60.1 cm³/mol. The van der Waals surface area contributed by atoms with Gasteiger partial charge in [0.1, 0.15) is 5.75 Å². The monoisotopic (exact) mass is 262 g/mol. The molecule has 0 radical (unpaired) electrons. The van der Waals surface area contributed by atoms with Crippen molar-refractivity contribution in [1.29, 1.82) is 0 Å². The smallest absolute Gasteiger partial charge is 0.123 e. The summed E-state index contributed by atoms with van der Waals surface area (Å²) in [6.45, 7) is 0. The molecular formula is C10H12BrClO. The highest BCUT2D eigenvalue weighted by atomic mass is 79.9. The van der Waals surface area contributed by atoms with E-state index in [1.807, 2.05) is 18.2 Å². The number of alkyl halides is 1. The number of rotatable bonds is 4. The average molecular weight is 264 g/mol. The van der Waals surface area contributed by atoms with Crippen molar-refractivity contribution in [2.45, 2.75) is 12.8 Å². The van der Waals surface area contributed by atoms with Gasteiger partial charge in [0.2, 0.25) is 0 Å². The van der Waals surface area contributed by atoms with Crippen LogP contribution in [-0.4, -0.2) is 12.4 Å². The second-order valence-electron chi connectivity index (χ2n) is 2.75. The highest BCUT2D eigenvalue weighted by Crippen LogP contribution is 2.24. The fourth-order valence-corrected chi connectivity index (χ4v) is 1.62. The summed E-state index contributed by atoms with van der Waals surface area (Å²) in [6, 6.07) is 5.77. The molecule has 0 saturated heterocycles. The maximum absolute atomic E-state index is 5.84. The van der Waals surface area contributed by atoms with Crippen molar-refractivity contribution in [1.82, 2.24) is 0 Å². The van der Waals surface area contributed by atoms with Gasteiger partial charge >= 0.3 is 0 Å². The molecule has 0 aliphatic carbocycles. The van der Waals surface area contributed by atoms with E-state index in [2.05, 4.69) is 15.9 Å². The molecule has 0 atom stereocenters. The molecule has 0 N–H and O–H groups in total. The van der Waals surface area contributed by atoms with Crippen LogP contribution in [0.1, 0.15) is 12.0 Å². The largest absolute Gasteiger partial charge is 0.496 e. The Morgan fingerprint density at radius 2 is 2.23 bits per heavy atom. The first-order valence-electron chi connectivity index (χ1n) is 4.16. The quantitative estimate of drug-likeness (QED) is 0.753. The van der Waals surface area contributed by atoms with Gasteiger partial charge in [-0.2, -0.15) is 0 Å². The van der Waals surface area contributed by atoms with Gasteiger partial charge in [-0.15, -0.1) is 0 Å². The number of hydrogen-bond acceptors (Lipinski definition) is 1. The summed E-state index contributed by atoms with van der Waals surface area (Å²) in [5.41, 5.74) is 1.21. The van der Waals surface area contributed by atoms with E-state index in [1.165, 1.54) is 5.56 Å². The van der Waals surface area contributed by atoms with Crippen LogP contribution in [0, 0.1) is 0 Å². The lowest BCUT2D eigenvalue weighted by Crippen LogP contribution is -1.92. The van der Waals surface area contributed by atoms with Crippen LogP contribution in [0.5, 0.6) is 5.75 Å². The van der Waals surface area contributed by atoms with E-state index in [1.54, 1.807) is 7.11 Å². The first kappa shape index (κ1) is 10.9. The van der Waals surface area contributed by atoms with Crippen molar-refractivity contribution in [2.24, 2.45) is 0 Å². The molecule has 0 amide bonds. The van der Waals surface area contributed by atoms with Crippen LogP contribution in [0.25, 0.3) is 0 Å². The van der Waals surface area contributed by atoms with Crippen LogP contribution in [-0.2, 0) is 6.42 Å². The van der Waals surface area contributed by atoms with Gasteiger partial charge in [0.05, 0.1) is 7.11 Å². The van der Waals surface area contributed by atoms with Crippen LogP contribution in [0.4, 0.5) is 0 Å². The van der Waals surface area contributed by atoms with Gasteiger partial charge in [0.15, 0.2) is 0 Å². The van der Waals surface area contributed by atoms with E-state index in [-0.39, 0.29) is 0 Å². The fourth-order valence-electron chi connectivity index (χ4n) is 1.18. The predicted octanol–water partition coefficient (Wildman–Crippen LogP) is 3.68. The van der Waals surface area contributed by atoms with Crippen molar-refractivity contribution in [3.8, 4) is 5.75 Å². The number of halogens is 2. The number of ether oxygens (including phenoxy) is 1. The molecule has 13 heavy (non-hydrogen) atoms. The van der Waals surface area contributed by atoms with Crippen LogP contribution >= 0.6 is 27.5 Å². The van der Waals surface area contributed by atoms with Gasteiger partial charge < -0.3 is 4.74 Å². The third kappa shape index (κ3) is 3.20. The molecule has 1 aromatic carbocycles. The number of aryl methyl sites for hydroxylation is 1. The summed E-state index contributed by atoms with van der Waals surface area (Å²) in [5, 5.41) is 1.73. The van der Waals surface area contributed by atoms with E-state index >= 15 is 0 Å². The summed E-state index contributed by atoms with van der Waals surface area (Å²) >= 11 is 9.24. The minimum absolute atomic E-state index is 0.722. The standard InChI is InChI=1S/C10H12BrClO/c1-13-10-7-9(12)5-4-8(10)3-2-6-11/h4-5,7H,2-3,6H2,1H3. The van der Waals surface area contributed by atoms with Crippen molar-refractivity contribution >= 4 is 27.5 Å². The molecule has 1 aromatic rings. The molecule has 0 aromatic heterocycles. The third-order valence-corrected chi connectivity index (χ3v) is 2.62. The molecule has 0 saturated carbocycles. The first-order chi connectivity index (χ1) is 6.27. The van der Waals surface area contributed by atoms with E-state index in [9.17, 15) is 0 Å². The third-order valence-electron chi connectivity index (χ3n) is 1.83. The summed E-state index contributed by atoms with van der Waals surface area (Å²) in [7, 11) is 1.67. The van der Waals surface area contributed by atoms with Crippen molar-refractivity contribution in [3.05, 3.63) is 28.8 Å². The minimum atomic E-state index is 0.722. The Balaban J connectivity index is 2.79. The highest BCUT2D eigenvalue weighted by Gasteiger charge is 2.02. The lowest BCUT2D eigenvalue weighted by Gasteiger charge is -2.07. The molecule has 0 spiro atoms. The summed E-state index contributed by atoms with van der Waals surface area (Å²) < 4.78 is 5.22. The van der Waals surface area contributed by atoms with Gasteiger partial charge in [-0.05, 0) is 30.5 Å². The molecule has 0 aliphatic heterocycles. The maximum atomic E-state index is 5.84. The summed E-state index contributed by atoms with van der Waals surface area (Å²) in [6.07, 6.45) is 2.13. The zero-order valence-electron chi connectivity index (χ0n) is 7.52. The Morgan fingerprint density at radius 1 is 1.46 bits per heavy atom. The molecule has 72 valence electrons. The lowest BCUT2D eigenvalue weighted by molar-refractivity contribution is 0.409. The highest BCUT2D eigenvalue weighted by molar-refractivity contribution is 9.09. The lowest BCUT2D eigenvalue weighted by atomic mass is 10.1. The zero-order valence-corrected chi connectivity index (χ0v) is 9.86. The Labute approximate surface area is 92.2 Å². The van der Waals surface area contributed by atoms with Gasteiger partial charge in [-0.1, -0.05) is 33.6 Å². The SMILES string of the molecule is COc1cc(Cl)ccc1CCCBr. The average Bonchev–Trinajstić information content (AvgIpc) is 2.16. The fraction of sp³-hybridized carbons (Fsp3) is 0.400. The molecule has 3 heteroatoms. The number of hydrogen-bond donors (Lipinski definition) is 0.